The molecular weight excluding hydrogens is 303 g/mol. The Morgan fingerprint density at radius 3 is 2.55 bits per heavy atom. The van der Waals surface area contributed by atoms with Crippen molar-refractivity contribution >= 4 is 29.7 Å². The molecule has 0 aromatic heterocycles. The third-order valence-electron chi connectivity index (χ3n) is 3.80. The van der Waals surface area contributed by atoms with Crippen LogP contribution in [0.1, 0.15) is 37.3 Å². The molecule has 0 aliphatic heterocycles. The van der Waals surface area contributed by atoms with E-state index in [-0.39, 0.29) is 24.0 Å². The minimum absolute atomic E-state index is 0. The molecule has 1 aromatic rings. The molecule has 20 heavy (non-hydrogen) atoms. The molecule has 0 radical (unpaired) electrons. The van der Waals surface area contributed by atoms with Crippen LogP contribution in [0.3, 0.4) is 0 Å². The Bertz CT molecular complexity index is 479. The summed E-state index contributed by atoms with van der Waals surface area (Å²) in [7, 11) is 0. The van der Waals surface area contributed by atoms with Gasteiger partial charge in [-0.1, -0.05) is 24.4 Å². The van der Waals surface area contributed by atoms with Crippen molar-refractivity contribution in [2.24, 2.45) is 11.7 Å². The van der Waals surface area contributed by atoms with Gasteiger partial charge >= 0.3 is 0 Å². The summed E-state index contributed by atoms with van der Waals surface area (Å²) in [5.41, 5.74) is 6.23. The van der Waals surface area contributed by atoms with Crippen molar-refractivity contribution in [3.8, 4) is 0 Å². The molecule has 0 amide bonds. The zero-order valence-corrected chi connectivity index (χ0v) is 12.4. The smallest absolute Gasteiger partial charge is 0.274 e. The van der Waals surface area contributed by atoms with E-state index < -0.39 is 17.1 Å². The highest BCUT2D eigenvalue weighted by Gasteiger charge is 2.32. The molecule has 0 heterocycles. The Kier molecular flexibility index (Phi) is 6.20. The first kappa shape index (κ1) is 17.2. The number of aliphatic hydroxyl groups is 1. The van der Waals surface area contributed by atoms with E-state index in [0.717, 1.165) is 25.7 Å². The fraction of sp³-hybridized carbons (Fsp3) is 0.538. The summed E-state index contributed by atoms with van der Waals surface area (Å²) in [5, 5.41) is 21.7. The first-order valence-electron chi connectivity index (χ1n) is 6.38. The van der Waals surface area contributed by atoms with Crippen LogP contribution in [0.5, 0.6) is 0 Å². The third-order valence-corrected chi connectivity index (χ3v) is 4.03. The van der Waals surface area contributed by atoms with Crippen LogP contribution in [0.25, 0.3) is 0 Å². The zero-order valence-electron chi connectivity index (χ0n) is 10.9. The quantitative estimate of drug-likeness (QED) is 0.658. The molecule has 0 saturated heterocycles. The molecule has 2 rings (SSSR count). The van der Waals surface area contributed by atoms with Gasteiger partial charge in [0, 0.05) is 11.1 Å². The van der Waals surface area contributed by atoms with Gasteiger partial charge in [0.15, 0.2) is 0 Å². The average Bonchev–Trinajstić information content (AvgIpc) is 2.90. The lowest BCUT2D eigenvalue weighted by molar-refractivity contribution is -0.385. The molecule has 1 aromatic carbocycles. The molecule has 1 aliphatic carbocycles. The molecule has 0 spiro atoms. The largest absolute Gasteiger partial charge is 0.391 e. The second-order valence-electron chi connectivity index (χ2n) is 5.02. The highest BCUT2D eigenvalue weighted by atomic mass is 35.5. The predicted octanol–water partition coefficient (Wildman–Crippen LogP) is 3.22. The number of aliphatic hydroxyl groups excluding tert-OH is 1. The number of nitro groups is 1. The molecule has 5 nitrogen and oxygen atoms in total. The lowest BCUT2D eigenvalue weighted by Crippen LogP contribution is -2.32. The number of halogens is 2. The first-order chi connectivity index (χ1) is 9.00. The van der Waals surface area contributed by atoms with Gasteiger partial charge in [0.1, 0.15) is 0 Å². The number of hydrogen-bond donors (Lipinski definition) is 2. The van der Waals surface area contributed by atoms with E-state index in [1.165, 1.54) is 18.2 Å². The summed E-state index contributed by atoms with van der Waals surface area (Å²) in [6.07, 6.45) is 3.23. The van der Waals surface area contributed by atoms with Crippen LogP contribution in [0.4, 0.5) is 5.69 Å². The van der Waals surface area contributed by atoms with Crippen molar-refractivity contribution < 1.29 is 10.0 Å². The van der Waals surface area contributed by atoms with Gasteiger partial charge in [0.25, 0.3) is 5.69 Å². The van der Waals surface area contributed by atoms with Gasteiger partial charge < -0.3 is 10.8 Å². The van der Waals surface area contributed by atoms with Crippen LogP contribution in [0.2, 0.25) is 5.02 Å². The van der Waals surface area contributed by atoms with Crippen molar-refractivity contribution in [1.29, 1.82) is 0 Å². The number of benzene rings is 1. The SMILES string of the molecule is Cl.N[C@@H](c1cc(Cl)ccc1[N+](=O)[O-])[C@H](O)C1CCCC1. The van der Waals surface area contributed by atoms with Gasteiger partial charge in [-0.3, -0.25) is 10.1 Å². The summed E-state index contributed by atoms with van der Waals surface area (Å²) in [5.74, 6) is 0.119. The van der Waals surface area contributed by atoms with E-state index >= 15 is 0 Å². The van der Waals surface area contributed by atoms with Crippen LogP contribution in [-0.4, -0.2) is 16.1 Å². The van der Waals surface area contributed by atoms with Gasteiger partial charge in [-0.15, -0.1) is 12.4 Å². The maximum absolute atomic E-state index is 11.0. The molecular formula is C13H18Cl2N2O3. The molecule has 112 valence electrons. The molecule has 1 saturated carbocycles. The van der Waals surface area contributed by atoms with Crippen molar-refractivity contribution in [2.75, 3.05) is 0 Å². The fourth-order valence-corrected chi connectivity index (χ4v) is 2.92. The summed E-state index contributed by atoms with van der Waals surface area (Å²) in [4.78, 5) is 10.5. The van der Waals surface area contributed by atoms with Gasteiger partial charge in [-0.05, 0) is 30.9 Å². The second-order valence-corrected chi connectivity index (χ2v) is 5.46. The Labute approximate surface area is 128 Å². The van der Waals surface area contributed by atoms with Gasteiger partial charge in [0.05, 0.1) is 22.6 Å². The molecule has 2 atom stereocenters. The Morgan fingerprint density at radius 1 is 1.40 bits per heavy atom. The first-order valence-corrected chi connectivity index (χ1v) is 6.76. The molecule has 1 aliphatic rings. The summed E-state index contributed by atoms with van der Waals surface area (Å²) in [6.45, 7) is 0. The van der Waals surface area contributed by atoms with Crippen LogP contribution in [0, 0.1) is 16.0 Å². The third kappa shape index (κ3) is 3.61. The van der Waals surface area contributed by atoms with Gasteiger partial charge in [-0.2, -0.15) is 0 Å². The van der Waals surface area contributed by atoms with E-state index in [4.69, 9.17) is 17.3 Å². The van der Waals surface area contributed by atoms with Crippen LogP contribution < -0.4 is 5.73 Å². The van der Waals surface area contributed by atoms with E-state index in [1.807, 2.05) is 0 Å². The van der Waals surface area contributed by atoms with Crippen LogP contribution >= 0.6 is 24.0 Å². The van der Waals surface area contributed by atoms with Crippen LogP contribution in [-0.2, 0) is 0 Å². The number of hydrogen-bond acceptors (Lipinski definition) is 4. The molecule has 0 bridgehead atoms. The van der Waals surface area contributed by atoms with E-state index in [2.05, 4.69) is 0 Å². The maximum Gasteiger partial charge on any atom is 0.274 e. The minimum Gasteiger partial charge on any atom is -0.391 e. The number of nitrogens with two attached hydrogens (primary N) is 1. The lowest BCUT2D eigenvalue weighted by Gasteiger charge is -2.24. The second kappa shape index (κ2) is 7.22. The fourth-order valence-electron chi connectivity index (χ4n) is 2.73. The standard InChI is InChI=1S/C13H17ClN2O3.ClH/c14-9-5-6-11(16(18)19)10(7-9)12(15)13(17)8-3-1-2-4-8;/h5-8,12-13,17H,1-4,15H2;1H/t12-,13+;/m0./s1. The lowest BCUT2D eigenvalue weighted by atomic mass is 9.90. The van der Waals surface area contributed by atoms with Gasteiger partial charge in [0.2, 0.25) is 0 Å². The Hall–Kier alpha value is -0.880. The monoisotopic (exact) mass is 320 g/mol. The highest BCUT2D eigenvalue weighted by Crippen LogP contribution is 2.35. The van der Waals surface area contributed by atoms with Gasteiger partial charge in [-0.25, -0.2) is 0 Å². The number of nitro benzene ring substituents is 1. The molecule has 1 fully saturated rings. The predicted molar refractivity (Wildman–Crippen MR) is 80.2 cm³/mol. The van der Waals surface area contributed by atoms with Crippen LogP contribution in [0.15, 0.2) is 18.2 Å². The Morgan fingerprint density at radius 2 is 2.00 bits per heavy atom. The molecule has 7 heteroatoms. The van der Waals surface area contributed by atoms with Crippen molar-refractivity contribution in [1.82, 2.24) is 0 Å². The van der Waals surface area contributed by atoms with Crippen molar-refractivity contribution in [3.63, 3.8) is 0 Å². The highest BCUT2D eigenvalue weighted by molar-refractivity contribution is 6.30. The minimum atomic E-state index is -0.776. The number of rotatable bonds is 4. The normalized spacial score (nSPS) is 18.4. The molecule has 0 unspecified atom stereocenters. The molecule has 3 N–H and O–H groups in total. The Balaban J connectivity index is 0.00000200. The summed E-state index contributed by atoms with van der Waals surface area (Å²) in [6, 6.07) is 3.49. The topological polar surface area (TPSA) is 89.4 Å². The summed E-state index contributed by atoms with van der Waals surface area (Å²) >= 11 is 5.87. The summed E-state index contributed by atoms with van der Waals surface area (Å²) < 4.78 is 0. The van der Waals surface area contributed by atoms with Crippen molar-refractivity contribution in [3.05, 3.63) is 38.9 Å². The van der Waals surface area contributed by atoms with E-state index in [0.29, 0.717) is 10.6 Å². The van der Waals surface area contributed by atoms with E-state index in [9.17, 15) is 15.2 Å². The average molecular weight is 321 g/mol. The van der Waals surface area contributed by atoms with Crippen molar-refractivity contribution in [2.45, 2.75) is 37.8 Å². The zero-order chi connectivity index (χ0) is 14.0. The van der Waals surface area contributed by atoms with E-state index in [1.54, 1.807) is 0 Å². The number of nitrogens with zero attached hydrogens (tertiary/aromatic N) is 1. The maximum atomic E-state index is 11.0.